The molecule has 0 aliphatic carbocycles. The molecule has 1 saturated heterocycles. The Hall–Kier alpha value is -6.25. The summed E-state index contributed by atoms with van der Waals surface area (Å²) in [6, 6.07) is -4.64. The van der Waals surface area contributed by atoms with E-state index in [1.807, 2.05) is 12.2 Å². The molecule has 0 spiro atoms. The fourth-order valence-corrected chi connectivity index (χ4v) is 6.21. The van der Waals surface area contributed by atoms with Crippen LogP contribution >= 0.6 is 0 Å². The maximum atomic E-state index is 14.1. The first kappa shape index (κ1) is 57.8. The highest BCUT2D eigenvalue weighted by Gasteiger charge is 2.43. The number of esters is 2. The minimum absolute atomic E-state index is 0.0268. The van der Waals surface area contributed by atoms with Crippen LogP contribution in [0.25, 0.3) is 0 Å². The van der Waals surface area contributed by atoms with E-state index in [0.29, 0.717) is 6.42 Å². The number of amides is 9. The molecule has 2 unspecified atom stereocenters. The third-order valence-corrected chi connectivity index (χ3v) is 10.2. The van der Waals surface area contributed by atoms with E-state index in [1.54, 1.807) is 32.9 Å². The number of rotatable bonds is 18. The summed E-state index contributed by atoms with van der Waals surface area (Å²) in [4.78, 5) is 117. The molecule has 370 valence electrons. The summed E-state index contributed by atoms with van der Waals surface area (Å²) in [5.41, 5.74) is 8.66. The second-order valence-corrected chi connectivity index (χ2v) is 16.4. The Balaban J connectivity index is 3.62. The van der Waals surface area contributed by atoms with E-state index in [0.717, 1.165) is 25.7 Å². The number of nitrogens with two attached hydrogens (primary N) is 2. The van der Waals surface area contributed by atoms with Crippen LogP contribution in [0.5, 0.6) is 0 Å². The number of cyclic esters (lactones) is 2. The molecule has 0 aromatic heterocycles. The number of hydrogen-bond acceptors (Lipinski definition) is 12. The van der Waals surface area contributed by atoms with Crippen LogP contribution in [-0.4, -0.2) is 117 Å². The molecule has 1 rings (SSSR count). The standard InChI is InChI=1S/C45H73N9O12/c1-8-10-11-12-13-14-15-16-17-20-30(64-7)25-35-45(5,6)42(61)65-34(29(3)4)22-23-36(55)52-31(19-9-2)41(60)54-32(21-18-24-48-43(46)62)39(58)49-27-37(56)53-33(26-51-44(47)63)40(59)50-28-38(57)66-35/h12-13,15-17,19-20,29-30,32-35H,8-11,14,18,21-28H2,1-7H3,(H,49,58)(H,50,59)(H,52,55)(H,53,56)(H,54,60)(H3,46,48,62)(H3,47,51,63)/b13-12-,16-15+,20-17+,31-19-/t30-,32+,33?,34-,35?/m0/s1. The van der Waals surface area contributed by atoms with Gasteiger partial charge in [-0.1, -0.05) is 83.1 Å². The number of allylic oxidation sites excluding steroid dienone is 6. The molecule has 9 amide bonds. The van der Waals surface area contributed by atoms with Gasteiger partial charge < -0.3 is 62.9 Å². The lowest BCUT2D eigenvalue weighted by Gasteiger charge is -2.35. The van der Waals surface area contributed by atoms with E-state index in [1.165, 1.54) is 27.0 Å². The Bertz CT molecular complexity index is 1760. The van der Waals surface area contributed by atoms with Crippen LogP contribution in [0.3, 0.4) is 0 Å². The molecule has 0 saturated carbocycles. The third-order valence-electron chi connectivity index (χ3n) is 10.2. The van der Waals surface area contributed by atoms with Gasteiger partial charge >= 0.3 is 24.0 Å². The van der Waals surface area contributed by atoms with Gasteiger partial charge in [0.25, 0.3) is 5.91 Å². The average molecular weight is 932 g/mol. The number of methoxy groups -OCH3 is 1. The Labute approximate surface area is 387 Å². The molecule has 11 N–H and O–H groups in total. The minimum Gasteiger partial charge on any atom is -0.462 e. The lowest BCUT2D eigenvalue weighted by Crippen LogP contribution is -2.56. The molecular formula is C45H73N9O12. The monoisotopic (exact) mass is 932 g/mol. The molecule has 0 aromatic carbocycles. The molecule has 0 aromatic rings. The highest BCUT2D eigenvalue weighted by atomic mass is 16.6. The van der Waals surface area contributed by atoms with Crippen molar-refractivity contribution in [2.75, 3.05) is 33.3 Å². The molecule has 21 heteroatoms. The summed E-state index contributed by atoms with van der Waals surface area (Å²) in [5.74, 6) is -6.12. The molecule has 1 aliphatic rings. The van der Waals surface area contributed by atoms with E-state index in [4.69, 9.17) is 25.7 Å². The van der Waals surface area contributed by atoms with Crippen molar-refractivity contribution in [2.24, 2.45) is 22.8 Å². The molecule has 66 heavy (non-hydrogen) atoms. The number of carbonyl (C=O) groups is 9. The fourth-order valence-electron chi connectivity index (χ4n) is 6.21. The summed E-state index contributed by atoms with van der Waals surface area (Å²) in [5, 5.41) is 16.8. The van der Waals surface area contributed by atoms with Crippen molar-refractivity contribution in [1.82, 2.24) is 37.2 Å². The van der Waals surface area contributed by atoms with E-state index in [2.05, 4.69) is 56.3 Å². The van der Waals surface area contributed by atoms with Gasteiger partial charge in [0.15, 0.2) is 0 Å². The second kappa shape index (κ2) is 31.6. The van der Waals surface area contributed by atoms with Gasteiger partial charge in [-0.2, -0.15) is 0 Å². The van der Waals surface area contributed by atoms with Crippen molar-refractivity contribution >= 4 is 53.5 Å². The lowest BCUT2D eigenvalue weighted by molar-refractivity contribution is -0.178. The maximum Gasteiger partial charge on any atom is 0.325 e. The number of carbonyl (C=O) groups excluding carboxylic acids is 9. The van der Waals surface area contributed by atoms with Crippen LogP contribution in [0.1, 0.15) is 106 Å². The third kappa shape index (κ3) is 23.6. The molecule has 5 atom stereocenters. The van der Waals surface area contributed by atoms with Gasteiger partial charge in [-0.25, -0.2) is 9.59 Å². The quantitative estimate of drug-likeness (QED) is 0.0312. The summed E-state index contributed by atoms with van der Waals surface area (Å²) >= 11 is 0. The van der Waals surface area contributed by atoms with Gasteiger partial charge in [-0.05, 0) is 58.3 Å². The van der Waals surface area contributed by atoms with Crippen molar-refractivity contribution in [1.29, 1.82) is 0 Å². The minimum atomic E-state index is -1.53. The van der Waals surface area contributed by atoms with Gasteiger partial charge in [0, 0.05) is 33.0 Å². The number of urea groups is 2. The van der Waals surface area contributed by atoms with Crippen molar-refractivity contribution < 1.29 is 57.4 Å². The second-order valence-electron chi connectivity index (χ2n) is 16.4. The summed E-state index contributed by atoms with van der Waals surface area (Å²) in [6.45, 7) is 8.57. The van der Waals surface area contributed by atoms with Crippen molar-refractivity contribution in [2.45, 2.75) is 136 Å². The molecule has 0 bridgehead atoms. The zero-order chi connectivity index (χ0) is 49.7. The summed E-state index contributed by atoms with van der Waals surface area (Å²) < 4.78 is 17.6. The lowest BCUT2D eigenvalue weighted by atomic mass is 9.83. The maximum absolute atomic E-state index is 14.1. The van der Waals surface area contributed by atoms with Crippen molar-refractivity contribution in [3.8, 4) is 0 Å². The predicted molar refractivity (Wildman–Crippen MR) is 245 cm³/mol. The van der Waals surface area contributed by atoms with E-state index in [9.17, 15) is 43.2 Å². The summed E-state index contributed by atoms with van der Waals surface area (Å²) in [7, 11) is 1.46. The van der Waals surface area contributed by atoms with E-state index in [-0.39, 0.29) is 50.3 Å². The topological polar surface area (TPSA) is 318 Å². The first-order valence-electron chi connectivity index (χ1n) is 22.4. The molecule has 1 aliphatic heterocycles. The van der Waals surface area contributed by atoms with Crippen molar-refractivity contribution in [3.05, 3.63) is 48.2 Å². The average Bonchev–Trinajstić information content (AvgIpc) is 3.26. The molecule has 21 nitrogen and oxygen atoms in total. The fraction of sp³-hybridized carbons (Fsp3) is 0.622. The number of unbranched alkanes of at least 4 members (excludes halogenated alkanes) is 2. The van der Waals surface area contributed by atoms with Gasteiger partial charge in [-0.3, -0.25) is 33.6 Å². The van der Waals surface area contributed by atoms with Gasteiger partial charge in [0.1, 0.15) is 36.5 Å². The number of primary amides is 2. The number of ether oxygens (including phenoxy) is 3. The SMILES string of the molecule is CC/C=C1\NC(=O)CC[C@@H](C(C)C)OC(=O)C(C)(C)C(C[C@H](/C=C/C=C/C/C=C\CCCC)OC)OC(=O)CNC(=O)C(CNC(N)=O)NC(=O)CNC(=O)[C@@H](CCCNC(N)=O)NC1=O. The molecule has 1 fully saturated rings. The van der Waals surface area contributed by atoms with Crippen LogP contribution in [0, 0.1) is 11.3 Å². The van der Waals surface area contributed by atoms with Crippen molar-refractivity contribution in [3.63, 3.8) is 0 Å². The smallest absolute Gasteiger partial charge is 0.325 e. The van der Waals surface area contributed by atoms with Crippen LogP contribution in [0.15, 0.2) is 48.2 Å². The van der Waals surface area contributed by atoms with Crippen LogP contribution in [0.2, 0.25) is 0 Å². The van der Waals surface area contributed by atoms with E-state index < -0.39 is 109 Å². The number of nitrogens with one attached hydrogen (secondary N) is 7. The number of hydrogen-bond donors (Lipinski definition) is 9. The zero-order valence-corrected chi connectivity index (χ0v) is 39.5. The Morgan fingerprint density at radius 3 is 2.18 bits per heavy atom. The Morgan fingerprint density at radius 2 is 1.55 bits per heavy atom. The van der Waals surface area contributed by atoms with E-state index >= 15 is 0 Å². The highest BCUT2D eigenvalue weighted by molar-refractivity contribution is 6.00. The molecule has 0 radical (unpaired) electrons. The van der Waals surface area contributed by atoms with Gasteiger partial charge in [0.05, 0.1) is 18.1 Å². The van der Waals surface area contributed by atoms with Crippen LogP contribution in [-0.2, 0) is 47.8 Å². The van der Waals surface area contributed by atoms with Crippen LogP contribution < -0.4 is 48.7 Å². The Morgan fingerprint density at radius 1 is 0.864 bits per heavy atom. The van der Waals surface area contributed by atoms with Crippen LogP contribution in [0.4, 0.5) is 9.59 Å². The largest absolute Gasteiger partial charge is 0.462 e. The molecular weight excluding hydrogens is 859 g/mol. The first-order chi connectivity index (χ1) is 31.2. The normalized spacial score (nSPS) is 22.4. The highest BCUT2D eigenvalue weighted by Crippen LogP contribution is 2.31. The first-order valence-corrected chi connectivity index (χ1v) is 22.4. The zero-order valence-electron chi connectivity index (χ0n) is 39.5. The van der Waals surface area contributed by atoms with Gasteiger partial charge in [-0.15, -0.1) is 0 Å². The predicted octanol–water partition coefficient (Wildman–Crippen LogP) is 1.67. The Kier molecular flexibility index (Phi) is 27.7. The van der Waals surface area contributed by atoms with Gasteiger partial charge in [0.2, 0.25) is 23.6 Å². The summed E-state index contributed by atoms with van der Waals surface area (Å²) in [6.07, 6.45) is 14.5. The molecule has 1 heterocycles.